The molecule has 0 aromatic carbocycles. The van der Waals surface area contributed by atoms with E-state index in [0.717, 1.165) is 50.7 Å². The summed E-state index contributed by atoms with van der Waals surface area (Å²) in [5.41, 5.74) is 1.35. The summed E-state index contributed by atoms with van der Waals surface area (Å²) >= 11 is 1.74. The highest BCUT2D eigenvalue weighted by molar-refractivity contribution is 7.07. The van der Waals surface area contributed by atoms with Crippen LogP contribution in [0.5, 0.6) is 0 Å². The van der Waals surface area contributed by atoms with E-state index in [1.807, 2.05) is 0 Å². The van der Waals surface area contributed by atoms with E-state index in [4.69, 9.17) is 4.74 Å². The van der Waals surface area contributed by atoms with E-state index in [1.54, 1.807) is 11.3 Å². The Balaban J connectivity index is 1.64. The number of nitrogens with zero attached hydrogens (tertiary/aromatic N) is 3. The van der Waals surface area contributed by atoms with Gasteiger partial charge in [0.1, 0.15) is 11.6 Å². The Bertz CT molecular complexity index is 534. The Labute approximate surface area is 129 Å². The van der Waals surface area contributed by atoms with E-state index in [1.165, 1.54) is 12.0 Å². The van der Waals surface area contributed by atoms with Crippen molar-refractivity contribution in [3.8, 4) is 0 Å². The van der Waals surface area contributed by atoms with Crippen LogP contribution in [0.1, 0.15) is 37.0 Å². The Hall–Kier alpha value is -1.24. The van der Waals surface area contributed by atoms with Gasteiger partial charge >= 0.3 is 0 Å². The molecule has 0 aliphatic carbocycles. The third kappa shape index (κ3) is 4.12. The molecule has 3 heterocycles. The smallest absolute Gasteiger partial charge is 0.150 e. The van der Waals surface area contributed by atoms with E-state index in [0.29, 0.717) is 6.10 Å². The fourth-order valence-corrected chi connectivity index (χ4v) is 3.34. The van der Waals surface area contributed by atoms with E-state index in [9.17, 15) is 0 Å². The van der Waals surface area contributed by atoms with Gasteiger partial charge in [-0.2, -0.15) is 16.4 Å². The Morgan fingerprint density at radius 1 is 1.48 bits per heavy atom. The van der Waals surface area contributed by atoms with Gasteiger partial charge in [-0.3, -0.25) is 10.00 Å². The largest absolute Gasteiger partial charge is 0.377 e. The monoisotopic (exact) mass is 306 g/mol. The van der Waals surface area contributed by atoms with Crippen molar-refractivity contribution >= 4 is 11.3 Å². The van der Waals surface area contributed by atoms with Crippen LogP contribution in [-0.4, -0.2) is 39.3 Å². The first-order valence-electron chi connectivity index (χ1n) is 7.58. The minimum absolute atomic E-state index is 0.359. The number of rotatable bonds is 7. The average Bonchev–Trinajstić information content (AvgIpc) is 3.20. The molecule has 0 amide bonds. The van der Waals surface area contributed by atoms with Crippen molar-refractivity contribution in [3.63, 3.8) is 0 Å². The first-order valence-corrected chi connectivity index (χ1v) is 8.53. The van der Waals surface area contributed by atoms with Crippen molar-refractivity contribution in [2.45, 2.75) is 45.4 Å². The fourth-order valence-electron chi connectivity index (χ4n) is 2.68. The highest BCUT2D eigenvalue weighted by Gasteiger charge is 2.20. The van der Waals surface area contributed by atoms with Crippen LogP contribution in [-0.2, 0) is 24.2 Å². The lowest BCUT2D eigenvalue weighted by Crippen LogP contribution is -2.31. The number of aromatic nitrogens is 3. The van der Waals surface area contributed by atoms with Crippen LogP contribution in [0.4, 0.5) is 0 Å². The normalized spacial score (nSPS) is 18.7. The highest BCUT2D eigenvalue weighted by atomic mass is 32.1. The van der Waals surface area contributed by atoms with Crippen LogP contribution in [0.3, 0.4) is 0 Å². The van der Waals surface area contributed by atoms with Crippen LogP contribution in [0.25, 0.3) is 0 Å². The van der Waals surface area contributed by atoms with Crippen LogP contribution in [0, 0.1) is 0 Å². The zero-order chi connectivity index (χ0) is 14.5. The molecule has 0 saturated carbocycles. The van der Waals surface area contributed by atoms with Crippen LogP contribution >= 0.6 is 11.3 Å². The summed E-state index contributed by atoms with van der Waals surface area (Å²) in [7, 11) is 0. The van der Waals surface area contributed by atoms with Gasteiger partial charge in [-0.25, -0.2) is 4.98 Å². The molecule has 0 radical (unpaired) electrons. The quantitative estimate of drug-likeness (QED) is 0.854. The summed E-state index contributed by atoms with van der Waals surface area (Å²) in [5, 5.41) is 11.6. The Morgan fingerprint density at radius 3 is 3.10 bits per heavy atom. The number of hydrogen-bond acceptors (Lipinski definition) is 5. The van der Waals surface area contributed by atoms with Crippen LogP contribution < -0.4 is 0 Å². The summed E-state index contributed by atoms with van der Waals surface area (Å²) in [6.45, 7) is 5.66. The molecule has 5 nitrogen and oxygen atoms in total. The summed E-state index contributed by atoms with van der Waals surface area (Å²) in [6, 6.07) is 2.19. The third-order valence-corrected chi connectivity index (χ3v) is 4.47. The van der Waals surface area contributed by atoms with E-state index >= 15 is 0 Å². The molecule has 2 aromatic heterocycles. The molecule has 21 heavy (non-hydrogen) atoms. The van der Waals surface area contributed by atoms with E-state index in [2.05, 4.69) is 43.8 Å². The zero-order valence-electron chi connectivity index (χ0n) is 12.4. The molecule has 1 aliphatic heterocycles. The van der Waals surface area contributed by atoms with Gasteiger partial charge in [-0.1, -0.05) is 6.92 Å². The van der Waals surface area contributed by atoms with Gasteiger partial charge in [0.25, 0.3) is 0 Å². The molecule has 1 unspecified atom stereocenters. The van der Waals surface area contributed by atoms with Crippen LogP contribution in [0.15, 0.2) is 16.8 Å². The average molecular weight is 306 g/mol. The molecular weight excluding hydrogens is 284 g/mol. The lowest BCUT2D eigenvalue weighted by Gasteiger charge is -2.23. The zero-order valence-corrected chi connectivity index (χ0v) is 13.2. The number of H-pyrrole nitrogens is 1. The topological polar surface area (TPSA) is 54.0 Å². The fraction of sp³-hybridized carbons (Fsp3) is 0.600. The number of ether oxygens (including phenoxy) is 1. The SMILES string of the molecule is CCc1n[nH]c(CN(Cc2ccsc2)CC2CCCO2)n1. The van der Waals surface area contributed by atoms with Gasteiger partial charge in [-0.15, -0.1) is 0 Å². The molecule has 2 aromatic rings. The van der Waals surface area contributed by atoms with E-state index in [-0.39, 0.29) is 0 Å². The van der Waals surface area contributed by atoms with Crippen molar-refractivity contribution in [2.75, 3.05) is 13.2 Å². The third-order valence-electron chi connectivity index (χ3n) is 3.74. The standard InChI is InChI=1S/C15H22N4OS/c1-2-14-16-15(18-17-14)10-19(8-12-5-7-21-11-12)9-13-4-3-6-20-13/h5,7,11,13H,2-4,6,8-10H2,1H3,(H,16,17,18). The highest BCUT2D eigenvalue weighted by Crippen LogP contribution is 2.17. The predicted octanol–water partition coefficient (Wildman–Crippen LogP) is 2.61. The molecular formula is C15H22N4OS. The maximum Gasteiger partial charge on any atom is 0.150 e. The van der Waals surface area contributed by atoms with Gasteiger partial charge in [0.05, 0.1) is 12.6 Å². The molecule has 0 bridgehead atoms. The molecule has 3 rings (SSSR count). The Kier molecular flexibility index (Phi) is 5.00. The second kappa shape index (κ2) is 7.15. The van der Waals surface area contributed by atoms with Crippen molar-refractivity contribution in [1.82, 2.24) is 20.1 Å². The molecule has 114 valence electrons. The maximum atomic E-state index is 5.78. The van der Waals surface area contributed by atoms with Crippen LogP contribution in [0.2, 0.25) is 0 Å². The second-order valence-electron chi connectivity index (χ2n) is 5.49. The number of aryl methyl sites for hydroxylation is 1. The maximum absolute atomic E-state index is 5.78. The van der Waals surface area contributed by atoms with E-state index < -0.39 is 0 Å². The summed E-state index contributed by atoms with van der Waals surface area (Å²) in [4.78, 5) is 6.93. The molecule has 1 saturated heterocycles. The molecule has 0 spiro atoms. The van der Waals surface area contributed by atoms with Gasteiger partial charge in [-0.05, 0) is 35.2 Å². The molecule has 1 atom stereocenters. The molecule has 6 heteroatoms. The summed E-state index contributed by atoms with van der Waals surface area (Å²) in [6.07, 6.45) is 3.57. The first-order chi connectivity index (χ1) is 10.3. The Morgan fingerprint density at radius 2 is 2.43 bits per heavy atom. The van der Waals surface area contributed by atoms with Gasteiger partial charge in [0.2, 0.25) is 0 Å². The van der Waals surface area contributed by atoms with Gasteiger partial charge < -0.3 is 4.74 Å². The van der Waals surface area contributed by atoms with Gasteiger partial charge in [0.15, 0.2) is 0 Å². The van der Waals surface area contributed by atoms with Crippen molar-refractivity contribution in [1.29, 1.82) is 0 Å². The summed E-state index contributed by atoms with van der Waals surface area (Å²) in [5.74, 6) is 1.83. The lowest BCUT2D eigenvalue weighted by molar-refractivity contribution is 0.0671. The molecule has 1 fully saturated rings. The second-order valence-corrected chi connectivity index (χ2v) is 6.27. The number of aromatic amines is 1. The predicted molar refractivity (Wildman–Crippen MR) is 83.2 cm³/mol. The molecule has 1 N–H and O–H groups in total. The van der Waals surface area contributed by atoms with Crippen molar-refractivity contribution in [2.24, 2.45) is 0 Å². The number of thiophene rings is 1. The lowest BCUT2D eigenvalue weighted by atomic mass is 10.2. The minimum Gasteiger partial charge on any atom is -0.377 e. The minimum atomic E-state index is 0.359. The van der Waals surface area contributed by atoms with Crippen molar-refractivity contribution in [3.05, 3.63) is 34.0 Å². The first kappa shape index (κ1) is 14.7. The van der Waals surface area contributed by atoms with Gasteiger partial charge in [0, 0.05) is 26.1 Å². The summed E-state index contributed by atoms with van der Waals surface area (Å²) < 4.78 is 5.78. The van der Waals surface area contributed by atoms with Crippen molar-refractivity contribution < 1.29 is 4.74 Å². The number of hydrogen-bond donors (Lipinski definition) is 1. The number of nitrogens with one attached hydrogen (secondary N) is 1. The molecule has 1 aliphatic rings.